The van der Waals surface area contributed by atoms with Crippen LogP contribution in [0.5, 0.6) is 0 Å². The minimum atomic E-state index is -0.570. The molecular weight excluding hydrogens is 316 g/mol. The highest BCUT2D eigenvalue weighted by Gasteiger charge is 2.37. The predicted molar refractivity (Wildman–Crippen MR) is 103 cm³/mol. The van der Waals surface area contributed by atoms with E-state index in [-0.39, 0.29) is 12.2 Å². The lowest BCUT2D eigenvalue weighted by Crippen LogP contribution is -2.36. The molecule has 5 atom stereocenters. The molecule has 1 rings (SSSR count). The lowest BCUT2D eigenvalue weighted by Gasteiger charge is -2.22. The van der Waals surface area contributed by atoms with Gasteiger partial charge in [-0.05, 0) is 24.7 Å². The Balaban J connectivity index is 2.24. The van der Waals surface area contributed by atoms with E-state index in [1.165, 1.54) is 38.5 Å². The molecule has 150 valence electrons. The zero-order valence-electron chi connectivity index (χ0n) is 17.0. The average Bonchev–Trinajstić information content (AvgIpc) is 2.98. The maximum absolute atomic E-state index is 10.4. The molecule has 0 amide bonds. The Hall–Kier alpha value is -0.160. The third kappa shape index (κ3) is 8.85. The fourth-order valence-electron chi connectivity index (χ4n) is 3.36. The van der Waals surface area contributed by atoms with Crippen molar-refractivity contribution in [2.24, 2.45) is 11.8 Å². The molecule has 4 heteroatoms. The molecule has 1 heterocycles. The first-order chi connectivity index (χ1) is 12.2. The molecule has 1 aliphatic rings. The highest BCUT2D eigenvalue weighted by Crippen LogP contribution is 2.21. The second kappa shape index (κ2) is 14.0. The second-order valence-corrected chi connectivity index (χ2v) is 7.60. The highest BCUT2D eigenvalue weighted by atomic mass is 16.6. The quantitative estimate of drug-likeness (QED) is 0.465. The first kappa shape index (κ1) is 22.9. The van der Waals surface area contributed by atoms with Gasteiger partial charge in [-0.15, -0.1) is 0 Å². The Kier molecular flexibility index (Phi) is 12.8. The largest absolute Gasteiger partial charge is 0.388 e. The van der Waals surface area contributed by atoms with Gasteiger partial charge in [-0.2, -0.15) is 0 Å². The van der Waals surface area contributed by atoms with Crippen LogP contribution in [0.25, 0.3) is 0 Å². The van der Waals surface area contributed by atoms with Crippen molar-refractivity contribution in [1.29, 1.82) is 0 Å². The molecule has 0 bridgehead atoms. The zero-order valence-corrected chi connectivity index (χ0v) is 17.0. The Morgan fingerprint density at radius 1 is 0.960 bits per heavy atom. The Morgan fingerprint density at radius 2 is 1.56 bits per heavy atom. The number of ether oxygens (including phenoxy) is 3. The molecule has 0 aromatic rings. The van der Waals surface area contributed by atoms with Crippen molar-refractivity contribution in [3.05, 3.63) is 0 Å². The molecule has 25 heavy (non-hydrogen) atoms. The van der Waals surface area contributed by atoms with Gasteiger partial charge in [0.25, 0.3) is 0 Å². The first-order valence-corrected chi connectivity index (χ1v) is 10.6. The van der Waals surface area contributed by atoms with E-state index in [0.29, 0.717) is 25.0 Å². The molecule has 0 saturated carbocycles. The highest BCUT2D eigenvalue weighted by molar-refractivity contribution is 4.84. The van der Waals surface area contributed by atoms with E-state index in [2.05, 4.69) is 27.7 Å². The molecule has 4 nitrogen and oxygen atoms in total. The van der Waals surface area contributed by atoms with Gasteiger partial charge >= 0.3 is 0 Å². The van der Waals surface area contributed by atoms with Crippen LogP contribution in [0.4, 0.5) is 0 Å². The van der Waals surface area contributed by atoms with Crippen molar-refractivity contribution < 1.29 is 19.3 Å². The topological polar surface area (TPSA) is 47.9 Å². The van der Waals surface area contributed by atoms with Crippen LogP contribution in [0.15, 0.2) is 0 Å². The van der Waals surface area contributed by atoms with E-state index in [4.69, 9.17) is 14.2 Å². The summed E-state index contributed by atoms with van der Waals surface area (Å²) < 4.78 is 17.5. The number of aliphatic hydroxyl groups is 1. The maximum atomic E-state index is 10.4. The molecule has 0 aromatic carbocycles. The minimum Gasteiger partial charge on any atom is -0.388 e. The average molecular weight is 359 g/mol. The van der Waals surface area contributed by atoms with Crippen molar-refractivity contribution in [2.45, 2.75) is 97.4 Å². The van der Waals surface area contributed by atoms with Crippen molar-refractivity contribution in [3.63, 3.8) is 0 Å². The van der Waals surface area contributed by atoms with Gasteiger partial charge in [0.2, 0.25) is 0 Å². The predicted octanol–water partition coefficient (Wildman–Crippen LogP) is 4.58. The van der Waals surface area contributed by atoms with Crippen LogP contribution < -0.4 is 0 Å². The second-order valence-electron chi connectivity index (χ2n) is 7.60. The van der Waals surface area contributed by atoms with Crippen LogP contribution in [0.3, 0.4) is 0 Å². The summed E-state index contributed by atoms with van der Waals surface area (Å²) in [5.74, 6) is 1.21. The van der Waals surface area contributed by atoms with Gasteiger partial charge in [-0.25, -0.2) is 0 Å². The fraction of sp³-hybridized carbons (Fsp3) is 1.00. The zero-order chi connectivity index (χ0) is 18.5. The van der Waals surface area contributed by atoms with Crippen LogP contribution in [0, 0.1) is 11.8 Å². The standard InChI is InChI=1S/C21H42O4/c1-5-9-11-17(7-3)13-23-15-19-21(22)20(16-25-19)24-14-18(8-4)12-10-6-2/h17-22H,5-16H2,1-4H3/t17?,18?,19-,20-,21+/m1/s1. The van der Waals surface area contributed by atoms with Crippen LogP contribution in [-0.2, 0) is 14.2 Å². The van der Waals surface area contributed by atoms with Crippen molar-refractivity contribution >= 4 is 0 Å². The van der Waals surface area contributed by atoms with E-state index < -0.39 is 6.10 Å². The van der Waals surface area contributed by atoms with E-state index in [0.717, 1.165) is 26.1 Å². The lowest BCUT2D eigenvalue weighted by molar-refractivity contribution is -0.0514. The molecule has 0 aliphatic carbocycles. The monoisotopic (exact) mass is 358 g/mol. The molecule has 1 fully saturated rings. The summed E-state index contributed by atoms with van der Waals surface area (Å²) in [7, 11) is 0. The van der Waals surface area contributed by atoms with Gasteiger partial charge in [0.1, 0.15) is 18.3 Å². The van der Waals surface area contributed by atoms with E-state index in [1.807, 2.05) is 0 Å². The summed E-state index contributed by atoms with van der Waals surface area (Å²) in [5.41, 5.74) is 0. The molecule has 0 radical (unpaired) electrons. The number of unbranched alkanes of at least 4 members (excludes halogenated alkanes) is 2. The molecule has 0 spiro atoms. The molecule has 2 unspecified atom stereocenters. The number of aliphatic hydroxyl groups excluding tert-OH is 1. The number of hydrogen-bond acceptors (Lipinski definition) is 4. The first-order valence-electron chi connectivity index (χ1n) is 10.6. The summed E-state index contributed by atoms with van der Waals surface area (Å²) in [6.45, 7) is 11.3. The minimum absolute atomic E-state index is 0.202. The Bertz CT molecular complexity index is 310. The van der Waals surface area contributed by atoms with Gasteiger partial charge in [0.05, 0.1) is 19.8 Å². The lowest BCUT2D eigenvalue weighted by atomic mass is 10.0. The van der Waals surface area contributed by atoms with Gasteiger partial charge in [-0.1, -0.05) is 66.2 Å². The summed E-state index contributed by atoms with van der Waals surface area (Å²) in [6.07, 6.45) is 8.66. The Morgan fingerprint density at radius 3 is 2.12 bits per heavy atom. The maximum Gasteiger partial charge on any atom is 0.111 e. The van der Waals surface area contributed by atoms with Crippen molar-refractivity contribution in [2.75, 3.05) is 26.4 Å². The molecular formula is C21H42O4. The van der Waals surface area contributed by atoms with Crippen LogP contribution >= 0.6 is 0 Å². The van der Waals surface area contributed by atoms with Gasteiger partial charge < -0.3 is 19.3 Å². The van der Waals surface area contributed by atoms with Crippen LogP contribution in [0.2, 0.25) is 0 Å². The van der Waals surface area contributed by atoms with Crippen molar-refractivity contribution in [3.8, 4) is 0 Å². The number of hydrogen-bond donors (Lipinski definition) is 1. The summed E-state index contributed by atoms with van der Waals surface area (Å²) in [5, 5.41) is 10.4. The molecule has 1 N–H and O–H groups in total. The Labute approximate surface area is 155 Å². The smallest absolute Gasteiger partial charge is 0.111 e. The SMILES string of the molecule is CCCCC(CC)COC[C@H]1OC[C@@H](OCC(CC)CCCC)[C@H]1O. The van der Waals surface area contributed by atoms with Gasteiger partial charge in [0, 0.05) is 6.61 Å². The molecule has 1 aliphatic heterocycles. The molecule has 1 saturated heterocycles. The van der Waals surface area contributed by atoms with Crippen LogP contribution in [0.1, 0.15) is 79.1 Å². The summed E-state index contributed by atoms with van der Waals surface area (Å²) in [4.78, 5) is 0. The summed E-state index contributed by atoms with van der Waals surface area (Å²) in [6, 6.07) is 0. The van der Waals surface area contributed by atoms with Gasteiger partial charge in [-0.3, -0.25) is 0 Å². The van der Waals surface area contributed by atoms with Gasteiger partial charge in [0.15, 0.2) is 0 Å². The summed E-state index contributed by atoms with van der Waals surface area (Å²) >= 11 is 0. The van der Waals surface area contributed by atoms with E-state index >= 15 is 0 Å². The van der Waals surface area contributed by atoms with E-state index in [9.17, 15) is 5.11 Å². The third-order valence-electron chi connectivity index (χ3n) is 5.50. The van der Waals surface area contributed by atoms with E-state index in [1.54, 1.807) is 0 Å². The third-order valence-corrected chi connectivity index (χ3v) is 5.50. The van der Waals surface area contributed by atoms with Crippen molar-refractivity contribution in [1.82, 2.24) is 0 Å². The number of rotatable bonds is 15. The van der Waals surface area contributed by atoms with Crippen LogP contribution in [-0.4, -0.2) is 49.8 Å². The molecule has 0 aromatic heterocycles. The normalized spacial score (nSPS) is 26.0. The fourth-order valence-corrected chi connectivity index (χ4v) is 3.36.